The average Bonchev–Trinajstić information content (AvgIpc) is 3.27. The fraction of sp³-hybridized carbons (Fsp3) is 0.333. The number of benzene rings is 2. The molecule has 2 aromatic carbocycles. The molecule has 1 N–H and O–H groups in total. The van der Waals surface area contributed by atoms with Gasteiger partial charge in [-0.25, -0.2) is 4.98 Å². The summed E-state index contributed by atoms with van der Waals surface area (Å²) in [5.41, 5.74) is 3.17. The Morgan fingerprint density at radius 1 is 1.27 bits per heavy atom. The van der Waals surface area contributed by atoms with Gasteiger partial charge in [-0.3, -0.25) is 9.69 Å². The molecule has 26 heavy (non-hydrogen) atoms. The van der Waals surface area contributed by atoms with Crippen molar-refractivity contribution in [2.75, 3.05) is 18.4 Å². The highest BCUT2D eigenvalue weighted by Gasteiger charge is 2.30. The Hall–Kier alpha value is -2.24. The Morgan fingerprint density at radius 2 is 2.15 bits per heavy atom. The Morgan fingerprint density at radius 3 is 3.00 bits per heavy atom. The summed E-state index contributed by atoms with van der Waals surface area (Å²) in [6.45, 7) is 3.48. The predicted octanol–water partition coefficient (Wildman–Crippen LogP) is 4.63. The Balaban J connectivity index is 1.45. The number of aromatic nitrogens is 1. The lowest BCUT2D eigenvalue weighted by atomic mass is 10.1. The third-order valence-corrected chi connectivity index (χ3v) is 6.06. The number of fused-ring (bicyclic) bond motifs is 1. The minimum Gasteiger partial charge on any atom is -0.325 e. The third kappa shape index (κ3) is 3.64. The fourth-order valence-electron chi connectivity index (χ4n) is 3.58. The van der Waals surface area contributed by atoms with Gasteiger partial charge in [0.05, 0.1) is 22.8 Å². The first-order valence-corrected chi connectivity index (χ1v) is 10.0. The van der Waals surface area contributed by atoms with Crippen LogP contribution in [0.3, 0.4) is 0 Å². The number of hydrogen-bond donors (Lipinski definition) is 1. The van der Waals surface area contributed by atoms with E-state index in [1.807, 2.05) is 24.3 Å². The number of hydrogen-bond acceptors (Lipinski definition) is 4. The molecule has 1 fully saturated rings. The Bertz CT molecular complexity index is 887. The van der Waals surface area contributed by atoms with Crippen LogP contribution in [0.4, 0.5) is 5.69 Å². The summed E-state index contributed by atoms with van der Waals surface area (Å²) >= 11 is 1.75. The monoisotopic (exact) mass is 365 g/mol. The van der Waals surface area contributed by atoms with Crippen molar-refractivity contribution in [1.29, 1.82) is 0 Å². The molecule has 4 rings (SSSR count). The SMILES string of the molecule is CCc1cccc(NC(=O)CN2CCCC2c2nc3ccccc3s2)c1. The van der Waals surface area contributed by atoms with Gasteiger partial charge in [0.1, 0.15) is 5.01 Å². The smallest absolute Gasteiger partial charge is 0.238 e. The number of nitrogens with zero attached hydrogens (tertiary/aromatic N) is 2. The van der Waals surface area contributed by atoms with Gasteiger partial charge < -0.3 is 5.32 Å². The van der Waals surface area contributed by atoms with Gasteiger partial charge in [-0.05, 0) is 55.6 Å². The van der Waals surface area contributed by atoms with Crippen molar-refractivity contribution in [2.45, 2.75) is 32.2 Å². The first-order chi connectivity index (χ1) is 12.7. The number of anilines is 1. The number of thiazole rings is 1. The summed E-state index contributed by atoms with van der Waals surface area (Å²) in [4.78, 5) is 19.6. The molecule has 1 atom stereocenters. The molecule has 0 saturated carbocycles. The molecule has 1 amide bonds. The lowest BCUT2D eigenvalue weighted by molar-refractivity contribution is -0.117. The van der Waals surface area contributed by atoms with Gasteiger partial charge in [-0.1, -0.05) is 31.2 Å². The van der Waals surface area contributed by atoms with E-state index in [-0.39, 0.29) is 11.9 Å². The van der Waals surface area contributed by atoms with Crippen LogP contribution in [0.5, 0.6) is 0 Å². The lowest BCUT2D eigenvalue weighted by Crippen LogP contribution is -2.32. The highest BCUT2D eigenvalue weighted by Crippen LogP contribution is 2.36. The number of aryl methyl sites for hydroxylation is 1. The topological polar surface area (TPSA) is 45.2 Å². The number of amides is 1. The van der Waals surface area contributed by atoms with Crippen LogP contribution in [0.1, 0.15) is 36.4 Å². The standard InChI is InChI=1S/C21H23N3OS/c1-2-15-7-5-8-16(13-15)22-20(25)14-24-12-6-10-18(24)21-23-17-9-3-4-11-19(17)26-21/h3-5,7-9,11,13,18H,2,6,10,12,14H2,1H3,(H,22,25). The largest absolute Gasteiger partial charge is 0.325 e. The minimum atomic E-state index is 0.0475. The van der Waals surface area contributed by atoms with Crippen molar-refractivity contribution in [3.8, 4) is 0 Å². The molecule has 1 aliphatic rings. The zero-order valence-electron chi connectivity index (χ0n) is 14.9. The Labute approximate surface area is 157 Å². The van der Waals surface area contributed by atoms with E-state index in [1.54, 1.807) is 11.3 Å². The van der Waals surface area contributed by atoms with Gasteiger partial charge in [-0.15, -0.1) is 11.3 Å². The molecule has 1 unspecified atom stereocenters. The van der Waals surface area contributed by atoms with Crippen LogP contribution in [0.25, 0.3) is 10.2 Å². The van der Waals surface area contributed by atoms with Crippen molar-refractivity contribution in [2.24, 2.45) is 0 Å². The summed E-state index contributed by atoms with van der Waals surface area (Å²) in [5, 5.41) is 4.17. The first-order valence-electron chi connectivity index (χ1n) is 9.21. The number of carbonyl (C=O) groups is 1. The van der Waals surface area contributed by atoms with Crippen molar-refractivity contribution >= 4 is 33.1 Å². The molecular formula is C21H23N3OS. The van der Waals surface area contributed by atoms with E-state index in [9.17, 15) is 4.79 Å². The minimum absolute atomic E-state index is 0.0475. The second-order valence-corrected chi connectivity index (χ2v) is 7.81. The molecule has 1 aliphatic heterocycles. The maximum atomic E-state index is 12.5. The van der Waals surface area contributed by atoms with Gasteiger partial charge in [0.25, 0.3) is 0 Å². The van der Waals surface area contributed by atoms with Crippen LogP contribution in [0.2, 0.25) is 0 Å². The van der Waals surface area contributed by atoms with E-state index < -0.39 is 0 Å². The third-order valence-electron chi connectivity index (χ3n) is 4.92. The highest BCUT2D eigenvalue weighted by molar-refractivity contribution is 7.18. The molecular weight excluding hydrogens is 342 g/mol. The maximum absolute atomic E-state index is 12.5. The van der Waals surface area contributed by atoms with Crippen molar-refractivity contribution in [1.82, 2.24) is 9.88 Å². The molecule has 1 aromatic heterocycles. The number of nitrogens with one attached hydrogen (secondary N) is 1. The second-order valence-electron chi connectivity index (χ2n) is 6.75. The number of likely N-dealkylation sites (tertiary alicyclic amines) is 1. The number of para-hydroxylation sites is 1. The van der Waals surface area contributed by atoms with Gasteiger partial charge in [0.2, 0.25) is 5.91 Å². The summed E-state index contributed by atoms with van der Waals surface area (Å²) in [5.74, 6) is 0.0475. The van der Waals surface area contributed by atoms with Gasteiger partial charge >= 0.3 is 0 Å². The molecule has 1 saturated heterocycles. The Kier molecular flexibility index (Phi) is 5.00. The van der Waals surface area contributed by atoms with Crippen molar-refractivity contribution < 1.29 is 4.79 Å². The second kappa shape index (κ2) is 7.56. The molecule has 0 aliphatic carbocycles. The normalized spacial score (nSPS) is 17.7. The van der Waals surface area contributed by atoms with Crippen LogP contribution in [-0.4, -0.2) is 28.9 Å². The highest BCUT2D eigenvalue weighted by atomic mass is 32.1. The quantitative estimate of drug-likeness (QED) is 0.717. The molecule has 2 heterocycles. The summed E-state index contributed by atoms with van der Waals surface area (Å²) in [6, 6.07) is 16.6. The van der Waals surface area contributed by atoms with Crippen LogP contribution >= 0.6 is 11.3 Å². The van der Waals surface area contributed by atoms with Crippen LogP contribution < -0.4 is 5.32 Å². The molecule has 0 spiro atoms. The van der Waals surface area contributed by atoms with Gasteiger partial charge in [0, 0.05) is 5.69 Å². The van der Waals surface area contributed by atoms with Crippen LogP contribution in [-0.2, 0) is 11.2 Å². The first kappa shape index (κ1) is 17.2. The summed E-state index contributed by atoms with van der Waals surface area (Å²) in [7, 11) is 0. The van der Waals surface area contributed by atoms with Crippen molar-refractivity contribution in [3.63, 3.8) is 0 Å². The summed E-state index contributed by atoms with van der Waals surface area (Å²) < 4.78 is 1.22. The molecule has 4 nitrogen and oxygen atoms in total. The number of rotatable bonds is 5. The van der Waals surface area contributed by atoms with Crippen LogP contribution in [0.15, 0.2) is 48.5 Å². The average molecular weight is 366 g/mol. The van der Waals surface area contributed by atoms with E-state index in [0.717, 1.165) is 42.0 Å². The van der Waals surface area contributed by atoms with Crippen molar-refractivity contribution in [3.05, 3.63) is 59.1 Å². The predicted molar refractivity (Wildman–Crippen MR) is 108 cm³/mol. The van der Waals surface area contributed by atoms with E-state index >= 15 is 0 Å². The number of carbonyl (C=O) groups excluding carboxylic acids is 1. The van der Waals surface area contributed by atoms with E-state index in [2.05, 4.69) is 41.4 Å². The van der Waals surface area contributed by atoms with E-state index in [4.69, 9.17) is 4.98 Å². The van der Waals surface area contributed by atoms with Gasteiger partial charge in [0.15, 0.2) is 0 Å². The molecule has 0 bridgehead atoms. The zero-order chi connectivity index (χ0) is 17.9. The van der Waals surface area contributed by atoms with E-state index in [0.29, 0.717) is 6.54 Å². The molecule has 3 aromatic rings. The fourth-order valence-corrected chi connectivity index (χ4v) is 4.72. The maximum Gasteiger partial charge on any atom is 0.238 e. The molecule has 134 valence electrons. The van der Waals surface area contributed by atoms with Gasteiger partial charge in [-0.2, -0.15) is 0 Å². The molecule has 0 radical (unpaired) electrons. The summed E-state index contributed by atoms with van der Waals surface area (Å²) in [6.07, 6.45) is 3.15. The molecule has 5 heteroatoms. The lowest BCUT2D eigenvalue weighted by Gasteiger charge is -2.22. The zero-order valence-corrected chi connectivity index (χ0v) is 15.8. The van der Waals surface area contributed by atoms with Crippen LogP contribution in [0, 0.1) is 0 Å². The van der Waals surface area contributed by atoms with E-state index in [1.165, 1.54) is 10.3 Å².